The van der Waals surface area contributed by atoms with Crippen molar-refractivity contribution in [1.29, 1.82) is 0 Å². The van der Waals surface area contributed by atoms with Gasteiger partial charge in [-0.15, -0.1) is 0 Å². The van der Waals surface area contributed by atoms with Crippen LogP contribution in [-0.2, 0) is 20.8 Å². The van der Waals surface area contributed by atoms with Crippen molar-refractivity contribution in [2.45, 2.75) is 43.0 Å². The number of carbonyl (C=O) groups excluding carboxylic acids is 2. The quantitative estimate of drug-likeness (QED) is 0.139. The van der Waals surface area contributed by atoms with E-state index in [4.69, 9.17) is 24.1 Å². The minimum Gasteiger partial charge on any atom is -0.497 e. The summed E-state index contributed by atoms with van der Waals surface area (Å²) in [6.07, 6.45) is 0.959. The number of hydrogen-bond acceptors (Lipinski definition) is 9. The van der Waals surface area contributed by atoms with E-state index in [1.165, 1.54) is 20.3 Å². The van der Waals surface area contributed by atoms with Crippen LogP contribution in [0.2, 0.25) is 0 Å². The molecule has 0 unspecified atom stereocenters. The predicted molar refractivity (Wildman–Crippen MR) is 174 cm³/mol. The molecule has 1 aliphatic heterocycles. The fourth-order valence-corrected chi connectivity index (χ4v) is 6.93. The maximum Gasteiger partial charge on any atom is 0.246 e. The molecule has 2 amide bonds. The molecule has 11 heteroatoms. The van der Waals surface area contributed by atoms with Gasteiger partial charge in [-0.3, -0.25) is 9.59 Å². The number of nitrogens with one attached hydrogen (secondary N) is 2. The summed E-state index contributed by atoms with van der Waals surface area (Å²) in [6, 6.07) is 19.3. The molecule has 5 rings (SSSR count). The number of hydrogen-bond donors (Lipinski definition) is 5. The minimum atomic E-state index is -2.03. The molecular formula is C36H42N2O9. The van der Waals surface area contributed by atoms with E-state index < -0.39 is 35.0 Å². The van der Waals surface area contributed by atoms with Crippen molar-refractivity contribution >= 4 is 11.8 Å². The molecule has 2 aliphatic rings. The second kappa shape index (κ2) is 14.0. The summed E-state index contributed by atoms with van der Waals surface area (Å²) in [4.78, 5) is 26.6. The number of amides is 2. The van der Waals surface area contributed by atoms with Crippen LogP contribution in [0.4, 0.5) is 0 Å². The Hall–Kier alpha value is -4.58. The van der Waals surface area contributed by atoms with E-state index in [2.05, 4.69) is 10.6 Å². The Labute approximate surface area is 274 Å². The number of unbranched alkanes of at least 4 members (excludes halogenated alkanes) is 1. The predicted octanol–water partition coefficient (Wildman–Crippen LogP) is 2.91. The van der Waals surface area contributed by atoms with E-state index in [0.717, 1.165) is 0 Å². The number of rotatable bonds is 13. The molecule has 1 saturated carbocycles. The van der Waals surface area contributed by atoms with Gasteiger partial charge in [0.15, 0.2) is 5.60 Å². The van der Waals surface area contributed by atoms with E-state index >= 15 is 0 Å². The summed E-state index contributed by atoms with van der Waals surface area (Å²) < 4.78 is 23.4. The average molecular weight is 647 g/mol. The van der Waals surface area contributed by atoms with Gasteiger partial charge in [0.05, 0.1) is 39.4 Å². The van der Waals surface area contributed by atoms with Crippen molar-refractivity contribution < 1.29 is 43.9 Å². The first-order chi connectivity index (χ1) is 22.7. The number of aliphatic hydroxyl groups is 3. The summed E-state index contributed by atoms with van der Waals surface area (Å²) in [5.41, 5.74) is -2.00. The van der Waals surface area contributed by atoms with Crippen molar-refractivity contribution in [3.8, 4) is 23.0 Å². The molecule has 3 aromatic carbocycles. The molecule has 1 heterocycles. The molecule has 0 radical (unpaired) electrons. The van der Waals surface area contributed by atoms with Gasteiger partial charge in [-0.1, -0.05) is 48.5 Å². The molecule has 0 saturated heterocycles. The highest BCUT2D eigenvalue weighted by Crippen LogP contribution is 2.68. The van der Waals surface area contributed by atoms with E-state index in [0.29, 0.717) is 47.6 Å². The normalized spacial score (nSPS) is 24.5. The van der Waals surface area contributed by atoms with Crippen LogP contribution in [-0.4, -0.2) is 74.3 Å². The molecule has 1 aliphatic carbocycles. The Bertz CT molecular complexity index is 1610. The van der Waals surface area contributed by atoms with E-state index in [-0.39, 0.29) is 36.1 Å². The molecule has 1 fully saturated rings. The molecule has 3 aromatic rings. The maximum absolute atomic E-state index is 14.5. The van der Waals surface area contributed by atoms with Gasteiger partial charge in [0.2, 0.25) is 11.8 Å². The summed E-state index contributed by atoms with van der Waals surface area (Å²) in [5, 5.41) is 40.2. The third-order valence-corrected chi connectivity index (χ3v) is 9.19. The van der Waals surface area contributed by atoms with Crippen LogP contribution >= 0.6 is 0 Å². The Morgan fingerprint density at radius 3 is 2.19 bits per heavy atom. The van der Waals surface area contributed by atoms with Crippen LogP contribution < -0.4 is 29.6 Å². The maximum atomic E-state index is 14.5. The molecule has 0 spiro atoms. The van der Waals surface area contributed by atoms with E-state index in [1.807, 2.05) is 30.3 Å². The summed E-state index contributed by atoms with van der Waals surface area (Å²) in [5.74, 6) is -1.32. The van der Waals surface area contributed by atoms with Crippen molar-refractivity contribution in [3.05, 3.63) is 95.1 Å². The lowest BCUT2D eigenvalue weighted by Gasteiger charge is -2.45. The number of aliphatic hydroxyl groups excluding tert-OH is 2. The SMILES string of the molecule is COc1ccc([C@]23Oc4cc(OC)cc(OC)c4[C@](O)([C@H]2O)[C@@H](c2ccccc2)[C@@H]3C(=O)NCCCCNC(=O)C(C)=CCO)cc1. The second-order valence-electron chi connectivity index (χ2n) is 11.7. The highest BCUT2D eigenvalue weighted by atomic mass is 16.5. The van der Waals surface area contributed by atoms with Gasteiger partial charge in [0.25, 0.3) is 0 Å². The Morgan fingerprint density at radius 1 is 0.915 bits per heavy atom. The zero-order valence-corrected chi connectivity index (χ0v) is 27.0. The molecule has 5 atom stereocenters. The third-order valence-electron chi connectivity index (χ3n) is 9.19. The molecule has 0 aromatic heterocycles. The zero-order chi connectivity index (χ0) is 33.8. The van der Waals surface area contributed by atoms with Crippen LogP contribution in [0.3, 0.4) is 0 Å². The number of carbonyl (C=O) groups is 2. The van der Waals surface area contributed by atoms with Gasteiger partial charge >= 0.3 is 0 Å². The fraction of sp³-hybridized carbons (Fsp3) is 0.389. The van der Waals surface area contributed by atoms with Crippen LogP contribution in [0.1, 0.15) is 42.4 Å². The summed E-state index contributed by atoms with van der Waals surface area (Å²) in [6.45, 7) is 2.07. The number of fused-ring (bicyclic) bond motifs is 4. The number of ether oxygens (including phenoxy) is 4. The Morgan fingerprint density at radius 2 is 1.57 bits per heavy atom. The monoisotopic (exact) mass is 646 g/mol. The van der Waals surface area contributed by atoms with Crippen molar-refractivity contribution in [1.82, 2.24) is 10.6 Å². The summed E-state index contributed by atoms with van der Waals surface area (Å²) >= 11 is 0. The van der Waals surface area contributed by atoms with Crippen LogP contribution in [0.15, 0.2) is 78.4 Å². The molecule has 47 heavy (non-hydrogen) atoms. The Balaban J connectivity index is 1.56. The number of benzene rings is 3. The van der Waals surface area contributed by atoms with Gasteiger partial charge < -0.3 is 44.9 Å². The first kappa shape index (κ1) is 33.8. The van der Waals surface area contributed by atoms with Gasteiger partial charge in [-0.25, -0.2) is 0 Å². The lowest BCUT2D eigenvalue weighted by atomic mass is 9.75. The largest absolute Gasteiger partial charge is 0.497 e. The van der Waals surface area contributed by atoms with Gasteiger partial charge in [-0.2, -0.15) is 0 Å². The first-order valence-electron chi connectivity index (χ1n) is 15.6. The van der Waals surface area contributed by atoms with Gasteiger partial charge in [0, 0.05) is 36.7 Å². The first-order valence-corrected chi connectivity index (χ1v) is 15.6. The average Bonchev–Trinajstić information content (AvgIpc) is 3.22. The summed E-state index contributed by atoms with van der Waals surface area (Å²) in [7, 11) is 4.50. The zero-order valence-electron chi connectivity index (χ0n) is 27.0. The van der Waals surface area contributed by atoms with Crippen LogP contribution in [0.5, 0.6) is 23.0 Å². The molecule has 11 nitrogen and oxygen atoms in total. The van der Waals surface area contributed by atoms with Crippen molar-refractivity contribution in [2.75, 3.05) is 41.0 Å². The number of methoxy groups -OCH3 is 3. The van der Waals surface area contributed by atoms with Crippen molar-refractivity contribution in [2.24, 2.45) is 5.92 Å². The highest BCUT2D eigenvalue weighted by Gasteiger charge is 2.76. The van der Waals surface area contributed by atoms with Gasteiger partial charge in [0.1, 0.15) is 34.7 Å². The Kier molecular flexibility index (Phi) is 10.1. The van der Waals surface area contributed by atoms with Crippen LogP contribution in [0, 0.1) is 5.92 Å². The lowest BCUT2D eigenvalue weighted by Crippen LogP contribution is -2.56. The fourth-order valence-electron chi connectivity index (χ4n) is 6.93. The second-order valence-corrected chi connectivity index (χ2v) is 11.7. The smallest absolute Gasteiger partial charge is 0.246 e. The van der Waals surface area contributed by atoms with Gasteiger partial charge in [-0.05, 0) is 43.0 Å². The molecule has 250 valence electrons. The topological polar surface area (TPSA) is 156 Å². The standard InChI is InChI=1S/C36H42N2O9/c1-22(16-19-39)32(40)37-17-8-9-18-38-33(41)31-29(23-10-6-5-7-11-23)35(43)30-27(46-4)20-26(45-3)21-28(30)47-36(31,34(35)42)24-12-14-25(44-2)15-13-24/h5-7,10-16,20-21,29,31,34,39,42-43H,8-9,17-19H2,1-4H3,(H,37,40)(H,38,41)/t29-,31+,34+,35-,36+/m0/s1. The van der Waals surface area contributed by atoms with Crippen molar-refractivity contribution in [3.63, 3.8) is 0 Å². The van der Waals surface area contributed by atoms with E-state index in [9.17, 15) is 19.8 Å². The molecule has 2 bridgehead atoms. The molecule has 5 N–H and O–H groups in total. The molecular weight excluding hydrogens is 604 g/mol. The lowest BCUT2D eigenvalue weighted by molar-refractivity contribution is -0.159. The highest BCUT2D eigenvalue weighted by molar-refractivity contribution is 5.92. The van der Waals surface area contributed by atoms with E-state index in [1.54, 1.807) is 50.4 Å². The minimum absolute atomic E-state index is 0.215. The van der Waals surface area contributed by atoms with Crippen LogP contribution in [0.25, 0.3) is 0 Å². The third kappa shape index (κ3) is 5.90.